The van der Waals surface area contributed by atoms with Crippen molar-refractivity contribution in [3.05, 3.63) is 48.5 Å². The number of hydrogen-bond acceptors (Lipinski definition) is 4. The van der Waals surface area contributed by atoms with E-state index >= 15 is 0 Å². The molecule has 2 rings (SSSR count). The topological polar surface area (TPSA) is 120 Å². The van der Waals surface area contributed by atoms with Crippen LogP contribution in [0.2, 0.25) is 0 Å². The largest absolute Gasteiger partial charge is 0.238 e. The molecule has 0 aliphatic carbocycles. The Morgan fingerprint density at radius 3 is 1.75 bits per heavy atom. The van der Waals surface area contributed by atoms with Crippen LogP contribution in [0.3, 0.4) is 0 Å². The minimum atomic E-state index is -3.86. The van der Waals surface area contributed by atoms with Crippen LogP contribution in [0.25, 0.3) is 11.1 Å². The summed E-state index contributed by atoms with van der Waals surface area (Å²) in [6, 6.07) is 11.8. The van der Waals surface area contributed by atoms with Gasteiger partial charge in [0.2, 0.25) is 20.0 Å². The number of rotatable bonds is 3. The van der Waals surface area contributed by atoms with Crippen molar-refractivity contribution in [3.63, 3.8) is 0 Å². The fraction of sp³-hybridized carbons (Fsp3) is 0. The average molecular weight is 312 g/mol. The third-order valence-electron chi connectivity index (χ3n) is 2.69. The molecule has 0 saturated heterocycles. The van der Waals surface area contributed by atoms with Crippen LogP contribution in [0.4, 0.5) is 0 Å². The molecule has 2 aromatic rings. The maximum Gasteiger partial charge on any atom is 0.238 e. The van der Waals surface area contributed by atoms with E-state index in [1.807, 2.05) is 0 Å². The summed E-state index contributed by atoms with van der Waals surface area (Å²) in [7, 11) is -7.65. The van der Waals surface area contributed by atoms with Crippen molar-refractivity contribution in [2.75, 3.05) is 0 Å². The lowest BCUT2D eigenvalue weighted by Crippen LogP contribution is -2.13. The highest BCUT2D eigenvalue weighted by atomic mass is 32.2. The fourth-order valence-corrected chi connectivity index (χ4v) is 3.05. The Kier molecular flexibility index (Phi) is 3.65. The summed E-state index contributed by atoms with van der Waals surface area (Å²) in [4.78, 5) is -0.0716. The van der Waals surface area contributed by atoms with Crippen molar-refractivity contribution in [3.8, 4) is 11.1 Å². The lowest BCUT2D eigenvalue weighted by atomic mass is 10.1. The van der Waals surface area contributed by atoms with Crippen LogP contribution in [-0.2, 0) is 20.0 Å². The van der Waals surface area contributed by atoms with Crippen molar-refractivity contribution < 1.29 is 16.8 Å². The van der Waals surface area contributed by atoms with Crippen molar-refractivity contribution in [2.45, 2.75) is 9.79 Å². The first-order chi connectivity index (χ1) is 9.19. The SMILES string of the molecule is NS(=O)(=O)c1ccc(-c2ccccc2S(N)(=O)=O)cc1. The summed E-state index contributed by atoms with van der Waals surface area (Å²) < 4.78 is 45.4. The van der Waals surface area contributed by atoms with E-state index < -0.39 is 20.0 Å². The van der Waals surface area contributed by atoms with Gasteiger partial charge in [0.25, 0.3) is 0 Å². The van der Waals surface area contributed by atoms with Gasteiger partial charge in [0.15, 0.2) is 0 Å². The van der Waals surface area contributed by atoms with E-state index in [2.05, 4.69) is 0 Å². The molecule has 0 aromatic heterocycles. The van der Waals surface area contributed by atoms with Crippen LogP contribution in [0, 0.1) is 0 Å². The number of sulfonamides is 2. The van der Waals surface area contributed by atoms with E-state index in [1.54, 1.807) is 18.2 Å². The van der Waals surface area contributed by atoms with Crippen LogP contribution in [0.15, 0.2) is 58.3 Å². The predicted molar refractivity (Wildman–Crippen MR) is 74.6 cm³/mol. The van der Waals surface area contributed by atoms with Crippen molar-refractivity contribution in [1.29, 1.82) is 0 Å². The molecule has 0 bridgehead atoms. The van der Waals surface area contributed by atoms with E-state index in [-0.39, 0.29) is 9.79 Å². The van der Waals surface area contributed by atoms with E-state index in [9.17, 15) is 16.8 Å². The third-order valence-corrected chi connectivity index (χ3v) is 4.59. The molecule has 4 N–H and O–H groups in total. The Morgan fingerprint density at radius 1 is 0.700 bits per heavy atom. The zero-order chi connectivity index (χ0) is 15.0. The molecular formula is C12H12N2O4S2. The van der Waals surface area contributed by atoms with Crippen molar-refractivity contribution >= 4 is 20.0 Å². The zero-order valence-electron chi connectivity index (χ0n) is 10.2. The van der Waals surface area contributed by atoms with Gasteiger partial charge >= 0.3 is 0 Å². The van der Waals surface area contributed by atoms with E-state index in [0.717, 1.165) is 0 Å². The van der Waals surface area contributed by atoms with Gasteiger partial charge < -0.3 is 0 Å². The van der Waals surface area contributed by atoms with Crippen molar-refractivity contribution in [1.82, 2.24) is 0 Å². The summed E-state index contributed by atoms with van der Waals surface area (Å²) >= 11 is 0. The second-order valence-electron chi connectivity index (χ2n) is 4.11. The van der Waals surface area contributed by atoms with Crippen LogP contribution >= 0.6 is 0 Å². The molecule has 0 radical (unpaired) electrons. The smallest absolute Gasteiger partial charge is 0.225 e. The molecular weight excluding hydrogens is 300 g/mol. The van der Waals surface area contributed by atoms with Gasteiger partial charge in [-0.3, -0.25) is 0 Å². The summed E-state index contributed by atoms with van der Waals surface area (Å²) in [5, 5.41) is 10.2. The van der Waals surface area contributed by atoms with Gasteiger partial charge in [-0.2, -0.15) is 0 Å². The molecule has 0 aliphatic rings. The first-order valence-electron chi connectivity index (χ1n) is 5.45. The molecule has 0 fully saturated rings. The fourth-order valence-electron chi connectivity index (χ4n) is 1.78. The predicted octanol–water partition coefficient (Wildman–Crippen LogP) is 0.648. The molecule has 8 heteroatoms. The molecule has 0 saturated carbocycles. The Balaban J connectivity index is 2.59. The lowest BCUT2D eigenvalue weighted by molar-refractivity contribution is 0.596. The van der Waals surface area contributed by atoms with Gasteiger partial charge in [-0.25, -0.2) is 27.1 Å². The molecule has 0 aliphatic heterocycles. The van der Waals surface area contributed by atoms with E-state index in [1.165, 1.54) is 30.3 Å². The Bertz CT molecular complexity index is 841. The molecule has 0 heterocycles. The van der Waals surface area contributed by atoms with Gasteiger partial charge in [0.1, 0.15) is 0 Å². The summed E-state index contributed by atoms with van der Waals surface area (Å²) in [6.45, 7) is 0. The molecule has 0 unspecified atom stereocenters. The summed E-state index contributed by atoms with van der Waals surface area (Å²) in [6.07, 6.45) is 0. The quantitative estimate of drug-likeness (QED) is 0.864. The Hall–Kier alpha value is -1.74. The molecule has 6 nitrogen and oxygen atoms in total. The number of primary sulfonamides is 2. The summed E-state index contributed by atoms with van der Waals surface area (Å²) in [5.74, 6) is 0. The van der Waals surface area contributed by atoms with Gasteiger partial charge in [-0.1, -0.05) is 30.3 Å². The van der Waals surface area contributed by atoms with E-state index in [0.29, 0.717) is 11.1 Å². The highest BCUT2D eigenvalue weighted by Crippen LogP contribution is 2.27. The van der Waals surface area contributed by atoms with E-state index in [4.69, 9.17) is 10.3 Å². The van der Waals surface area contributed by atoms with Crippen molar-refractivity contribution in [2.24, 2.45) is 10.3 Å². The van der Waals surface area contributed by atoms with Gasteiger partial charge in [0.05, 0.1) is 9.79 Å². The molecule has 2 aromatic carbocycles. The maximum absolute atomic E-state index is 11.5. The van der Waals surface area contributed by atoms with Crippen LogP contribution in [0.1, 0.15) is 0 Å². The minimum absolute atomic E-state index is 0.0247. The Labute approximate surface area is 117 Å². The zero-order valence-corrected chi connectivity index (χ0v) is 11.9. The number of benzene rings is 2. The normalized spacial score (nSPS) is 12.3. The van der Waals surface area contributed by atoms with Crippen LogP contribution < -0.4 is 10.3 Å². The molecule has 0 spiro atoms. The summed E-state index contributed by atoms with van der Waals surface area (Å²) in [5.41, 5.74) is 0.929. The van der Waals surface area contributed by atoms with Gasteiger partial charge in [-0.15, -0.1) is 0 Å². The standard InChI is InChI=1S/C12H12N2O4S2/c13-19(15,16)10-7-5-9(6-8-10)11-3-1-2-4-12(11)20(14,17)18/h1-8H,(H2,13,15,16)(H2,14,17,18). The first-order valence-corrected chi connectivity index (χ1v) is 8.54. The number of nitrogens with two attached hydrogens (primary N) is 2. The second kappa shape index (κ2) is 4.98. The first kappa shape index (κ1) is 14.7. The number of hydrogen-bond donors (Lipinski definition) is 2. The van der Waals surface area contributed by atoms with Crippen LogP contribution in [-0.4, -0.2) is 16.8 Å². The maximum atomic E-state index is 11.5. The molecule has 0 amide bonds. The molecule has 106 valence electrons. The highest BCUT2D eigenvalue weighted by Gasteiger charge is 2.15. The Morgan fingerprint density at radius 2 is 1.25 bits per heavy atom. The average Bonchev–Trinajstić information content (AvgIpc) is 2.37. The lowest BCUT2D eigenvalue weighted by Gasteiger charge is -2.08. The van der Waals surface area contributed by atoms with Crippen LogP contribution in [0.5, 0.6) is 0 Å². The highest BCUT2D eigenvalue weighted by molar-refractivity contribution is 7.89. The minimum Gasteiger partial charge on any atom is -0.225 e. The molecule has 0 atom stereocenters. The second-order valence-corrected chi connectivity index (χ2v) is 7.20. The third kappa shape index (κ3) is 3.05. The molecule has 20 heavy (non-hydrogen) atoms. The van der Waals surface area contributed by atoms with Gasteiger partial charge in [-0.05, 0) is 23.8 Å². The monoisotopic (exact) mass is 312 g/mol. The van der Waals surface area contributed by atoms with Gasteiger partial charge in [0, 0.05) is 5.56 Å².